The van der Waals surface area contributed by atoms with Crippen LogP contribution in [0.3, 0.4) is 0 Å². The first-order valence-corrected chi connectivity index (χ1v) is 8.84. The maximum absolute atomic E-state index is 12.8. The average Bonchev–Trinajstić information content (AvgIpc) is 3.17. The van der Waals surface area contributed by atoms with E-state index in [2.05, 4.69) is 5.10 Å². The number of carbonyl (C=O) groups is 1. The number of rotatable bonds is 5. The minimum absolute atomic E-state index is 0.0498. The third-order valence-electron chi connectivity index (χ3n) is 4.81. The zero-order chi connectivity index (χ0) is 20.5. The van der Waals surface area contributed by atoms with Crippen LogP contribution in [0, 0.1) is 26.1 Å². The minimum atomic E-state index is -0.837. The molecule has 0 bridgehead atoms. The van der Waals surface area contributed by atoms with Crippen molar-refractivity contribution in [3.63, 3.8) is 0 Å². The van der Waals surface area contributed by atoms with E-state index in [1.54, 1.807) is 4.90 Å². The normalized spacial score (nSPS) is 22.6. The maximum Gasteiger partial charge on any atom is 0.281 e. The Labute approximate surface area is 160 Å². The average molecular weight is 391 g/mol. The fourth-order valence-corrected chi connectivity index (χ4v) is 3.64. The van der Waals surface area contributed by atoms with Gasteiger partial charge in [0.2, 0.25) is 0 Å². The van der Waals surface area contributed by atoms with Gasteiger partial charge in [0.25, 0.3) is 17.6 Å². The summed E-state index contributed by atoms with van der Waals surface area (Å²) in [6, 6.07) is 5.28. The second-order valence-electron chi connectivity index (χ2n) is 7.49. The highest BCUT2D eigenvalue weighted by Crippen LogP contribution is 2.30. The molecule has 11 heteroatoms. The van der Waals surface area contributed by atoms with Crippen molar-refractivity contribution >= 4 is 17.6 Å². The molecule has 3 rings (SSSR count). The van der Waals surface area contributed by atoms with E-state index in [0.717, 1.165) is 12.5 Å². The van der Waals surface area contributed by atoms with E-state index in [-0.39, 0.29) is 35.3 Å². The lowest BCUT2D eigenvalue weighted by Gasteiger charge is -2.22. The van der Waals surface area contributed by atoms with Gasteiger partial charge < -0.3 is 9.64 Å². The summed E-state index contributed by atoms with van der Waals surface area (Å²) in [6.45, 7) is 5.60. The summed E-state index contributed by atoms with van der Waals surface area (Å²) < 4.78 is 5.71. The number of nitro benzene ring substituents is 1. The van der Waals surface area contributed by atoms with Crippen molar-refractivity contribution in [3.8, 4) is 0 Å². The molecule has 0 aromatic heterocycles. The summed E-state index contributed by atoms with van der Waals surface area (Å²) in [7, 11) is 0. The van der Waals surface area contributed by atoms with Crippen molar-refractivity contribution in [2.45, 2.75) is 25.9 Å². The lowest BCUT2D eigenvalue weighted by molar-refractivity contribution is -0.486. The number of hydrogen-bond donors (Lipinski definition) is 0. The van der Waals surface area contributed by atoms with Crippen LogP contribution in [0.1, 0.15) is 30.6 Å². The van der Waals surface area contributed by atoms with Crippen LogP contribution in [0.4, 0.5) is 5.69 Å². The van der Waals surface area contributed by atoms with Crippen molar-refractivity contribution < 1.29 is 19.5 Å². The van der Waals surface area contributed by atoms with Gasteiger partial charge in [-0.2, -0.15) is 0 Å². The van der Waals surface area contributed by atoms with E-state index < -0.39 is 15.9 Å². The summed E-state index contributed by atoms with van der Waals surface area (Å²) in [5.74, 6) is -0.444. The van der Waals surface area contributed by atoms with Crippen LogP contribution in [0.15, 0.2) is 29.4 Å². The Morgan fingerprint density at radius 3 is 2.68 bits per heavy atom. The number of ether oxygens (including phenoxy) is 1. The van der Waals surface area contributed by atoms with Gasteiger partial charge in [-0.3, -0.25) is 19.8 Å². The predicted octanol–water partition coefficient (Wildman–Crippen LogP) is 1.72. The van der Waals surface area contributed by atoms with Crippen LogP contribution in [0.2, 0.25) is 0 Å². The molecule has 2 saturated heterocycles. The Kier molecular flexibility index (Phi) is 5.27. The Hall–Kier alpha value is -3.08. The molecule has 1 aromatic rings. The molecule has 1 atom stereocenters. The minimum Gasteiger partial charge on any atom is -0.375 e. The van der Waals surface area contributed by atoms with Gasteiger partial charge in [0.15, 0.2) is 5.03 Å². The summed E-state index contributed by atoms with van der Waals surface area (Å²) in [6.07, 6.45) is 0.800. The van der Waals surface area contributed by atoms with Crippen LogP contribution in [0.5, 0.6) is 0 Å². The first kappa shape index (κ1) is 19.7. The topological polar surface area (TPSA) is 131 Å². The second-order valence-corrected chi connectivity index (χ2v) is 7.49. The van der Waals surface area contributed by atoms with E-state index in [9.17, 15) is 25.0 Å². The third kappa shape index (κ3) is 4.25. The van der Waals surface area contributed by atoms with Crippen LogP contribution >= 0.6 is 0 Å². The highest BCUT2D eigenvalue weighted by molar-refractivity contribution is 6.06. The highest BCUT2D eigenvalue weighted by Gasteiger charge is 2.39. The van der Waals surface area contributed by atoms with Crippen molar-refractivity contribution in [1.82, 2.24) is 9.80 Å². The Morgan fingerprint density at radius 2 is 2.07 bits per heavy atom. The van der Waals surface area contributed by atoms with E-state index in [4.69, 9.17) is 4.74 Å². The lowest BCUT2D eigenvalue weighted by Crippen LogP contribution is -2.40. The summed E-state index contributed by atoms with van der Waals surface area (Å²) >= 11 is 0. The standard InChI is InChI=1S/C17H21N5O6/c1-17(2)9-12(11-28-17)10-19-6-7-20(16(19)18-22(26)27)15(23)13-4-3-5-14(8-13)21(24)25/h3-5,8,12H,6-7,9-11H2,1-2H3. The zero-order valence-electron chi connectivity index (χ0n) is 15.6. The van der Waals surface area contributed by atoms with Gasteiger partial charge in [-0.05, 0) is 26.3 Å². The van der Waals surface area contributed by atoms with Gasteiger partial charge in [0.05, 0.1) is 17.1 Å². The van der Waals surface area contributed by atoms with Crippen molar-refractivity contribution in [2.75, 3.05) is 26.2 Å². The number of hydrogen-bond acceptors (Lipinski definition) is 6. The summed E-state index contributed by atoms with van der Waals surface area (Å²) in [5.41, 5.74) is -0.388. The first-order valence-electron chi connectivity index (χ1n) is 8.84. The van der Waals surface area contributed by atoms with E-state index in [1.807, 2.05) is 13.8 Å². The molecular weight excluding hydrogens is 370 g/mol. The fraction of sp³-hybridized carbons (Fsp3) is 0.529. The number of hydrazone groups is 1. The third-order valence-corrected chi connectivity index (χ3v) is 4.81. The fourth-order valence-electron chi connectivity index (χ4n) is 3.64. The zero-order valence-corrected chi connectivity index (χ0v) is 15.6. The van der Waals surface area contributed by atoms with Crippen molar-refractivity contribution in [3.05, 3.63) is 50.1 Å². The Balaban J connectivity index is 1.81. The van der Waals surface area contributed by atoms with Crippen LogP contribution in [0.25, 0.3) is 0 Å². The Bertz CT molecular complexity index is 839. The molecule has 0 aliphatic carbocycles. The van der Waals surface area contributed by atoms with Crippen molar-refractivity contribution in [2.24, 2.45) is 11.0 Å². The van der Waals surface area contributed by atoms with Gasteiger partial charge in [-0.15, -0.1) is 0 Å². The molecular formula is C17H21N5O6. The van der Waals surface area contributed by atoms with Gasteiger partial charge in [-0.25, -0.2) is 10.1 Å². The second kappa shape index (κ2) is 7.50. The quantitative estimate of drug-likeness (QED) is 0.551. The van der Waals surface area contributed by atoms with Crippen LogP contribution in [-0.2, 0) is 4.74 Å². The summed E-state index contributed by atoms with van der Waals surface area (Å²) in [5, 5.41) is 24.6. The monoisotopic (exact) mass is 391 g/mol. The number of guanidine groups is 1. The molecule has 0 spiro atoms. The van der Waals surface area contributed by atoms with Gasteiger partial charge in [0.1, 0.15) is 5.10 Å². The number of non-ortho nitro benzene ring substituents is 1. The molecule has 28 heavy (non-hydrogen) atoms. The van der Waals surface area contributed by atoms with E-state index >= 15 is 0 Å². The molecule has 1 aromatic carbocycles. The Morgan fingerprint density at radius 1 is 1.32 bits per heavy atom. The number of amides is 1. The molecule has 0 saturated carbocycles. The molecule has 2 heterocycles. The molecule has 2 aliphatic heterocycles. The van der Waals surface area contributed by atoms with Gasteiger partial charge >= 0.3 is 0 Å². The summed E-state index contributed by atoms with van der Waals surface area (Å²) in [4.78, 5) is 37.1. The lowest BCUT2D eigenvalue weighted by atomic mass is 9.97. The molecule has 2 aliphatic rings. The predicted molar refractivity (Wildman–Crippen MR) is 98.3 cm³/mol. The molecule has 0 N–H and O–H groups in total. The van der Waals surface area contributed by atoms with Crippen molar-refractivity contribution in [1.29, 1.82) is 0 Å². The highest BCUT2D eigenvalue weighted by atomic mass is 16.7. The van der Waals surface area contributed by atoms with Gasteiger partial charge in [0, 0.05) is 43.2 Å². The molecule has 1 amide bonds. The molecule has 150 valence electrons. The van der Waals surface area contributed by atoms with E-state index in [1.165, 1.54) is 23.1 Å². The number of carbonyl (C=O) groups excluding carboxylic acids is 1. The molecule has 2 fully saturated rings. The largest absolute Gasteiger partial charge is 0.375 e. The first-order chi connectivity index (χ1) is 13.2. The van der Waals surface area contributed by atoms with Crippen LogP contribution < -0.4 is 0 Å². The maximum atomic E-state index is 12.8. The number of nitro groups is 2. The number of benzene rings is 1. The van der Waals surface area contributed by atoms with E-state index in [0.29, 0.717) is 19.7 Å². The smallest absolute Gasteiger partial charge is 0.281 e. The molecule has 1 unspecified atom stereocenters. The molecule has 0 radical (unpaired) electrons. The number of nitrogens with zero attached hydrogens (tertiary/aromatic N) is 5. The SMILES string of the molecule is CC1(C)CC(CN2CCN(C(=O)c3cccc([N+](=O)[O-])c3)C2=N[N+](=O)[O-])CO1. The molecule has 11 nitrogen and oxygen atoms in total. The van der Waals surface area contributed by atoms with Gasteiger partial charge in [-0.1, -0.05) is 6.07 Å². The van der Waals surface area contributed by atoms with Crippen LogP contribution in [-0.4, -0.2) is 63.5 Å².